The molecule has 0 aliphatic heterocycles. The Morgan fingerprint density at radius 1 is 1.04 bits per heavy atom. The molecule has 0 saturated carbocycles. The largest absolute Gasteiger partial charge is 0.363 e. The van der Waals surface area contributed by atoms with E-state index in [2.05, 4.69) is 21.4 Å². The third-order valence-electron chi connectivity index (χ3n) is 3.91. The highest BCUT2D eigenvalue weighted by Crippen LogP contribution is 2.27. The van der Waals surface area contributed by atoms with Crippen LogP contribution in [-0.2, 0) is 6.42 Å². The number of rotatable bonds is 5. The van der Waals surface area contributed by atoms with Crippen molar-refractivity contribution in [3.8, 4) is 6.07 Å². The van der Waals surface area contributed by atoms with Crippen LogP contribution >= 0.6 is 23.2 Å². The lowest BCUT2D eigenvalue weighted by molar-refractivity contribution is 0.989. The van der Waals surface area contributed by atoms with E-state index in [0.29, 0.717) is 28.0 Å². The number of halogens is 2. The SMILES string of the molecule is CN(C)c1cc(Cc2c(Cl)cccc2Cl)nc(Nc2ccc(C#N)cc2)n1. The Bertz CT molecular complexity index is 974. The molecule has 1 aromatic heterocycles. The smallest absolute Gasteiger partial charge is 0.229 e. The molecule has 3 rings (SSSR count). The molecule has 0 spiro atoms. The molecule has 2 aromatic carbocycles. The summed E-state index contributed by atoms with van der Waals surface area (Å²) in [6, 6.07) is 16.6. The monoisotopic (exact) mass is 397 g/mol. The summed E-state index contributed by atoms with van der Waals surface area (Å²) in [4.78, 5) is 11.0. The molecule has 0 aliphatic carbocycles. The van der Waals surface area contributed by atoms with Crippen molar-refractivity contribution in [3.63, 3.8) is 0 Å². The highest BCUT2D eigenvalue weighted by molar-refractivity contribution is 6.36. The standard InChI is InChI=1S/C20H17Cl2N5/c1-27(2)19-11-15(10-16-17(21)4-3-5-18(16)22)25-20(26-19)24-14-8-6-13(12-23)7-9-14/h3-9,11H,10H2,1-2H3,(H,24,25,26). The minimum absolute atomic E-state index is 0.462. The Hall–Kier alpha value is -2.81. The minimum Gasteiger partial charge on any atom is -0.363 e. The van der Waals surface area contributed by atoms with E-state index in [0.717, 1.165) is 22.8 Å². The van der Waals surface area contributed by atoms with E-state index in [1.165, 1.54) is 0 Å². The first-order valence-corrected chi connectivity index (χ1v) is 8.97. The summed E-state index contributed by atoms with van der Waals surface area (Å²) in [5.41, 5.74) is 3.01. The molecule has 3 aromatic rings. The van der Waals surface area contributed by atoms with Gasteiger partial charge in [0.1, 0.15) is 5.82 Å². The maximum absolute atomic E-state index is 8.91. The van der Waals surface area contributed by atoms with Crippen molar-refractivity contribution < 1.29 is 0 Å². The number of aromatic nitrogens is 2. The molecular formula is C20H17Cl2N5. The first kappa shape index (κ1) is 19.0. The Kier molecular flexibility index (Phi) is 5.80. The number of benzene rings is 2. The maximum Gasteiger partial charge on any atom is 0.229 e. The van der Waals surface area contributed by atoms with Crippen molar-refractivity contribution in [3.05, 3.63) is 75.4 Å². The van der Waals surface area contributed by atoms with Crippen LogP contribution in [0.4, 0.5) is 17.5 Å². The molecule has 0 saturated heterocycles. The summed E-state index contributed by atoms with van der Waals surface area (Å²) in [5.74, 6) is 1.23. The van der Waals surface area contributed by atoms with Crippen molar-refractivity contribution in [1.29, 1.82) is 5.26 Å². The van der Waals surface area contributed by atoms with Crippen LogP contribution in [0.3, 0.4) is 0 Å². The predicted octanol–water partition coefficient (Wildman–Crippen LogP) is 5.06. The lowest BCUT2D eigenvalue weighted by atomic mass is 10.1. The van der Waals surface area contributed by atoms with E-state index >= 15 is 0 Å². The van der Waals surface area contributed by atoms with E-state index in [9.17, 15) is 0 Å². The molecule has 0 radical (unpaired) electrons. The molecule has 0 amide bonds. The Morgan fingerprint density at radius 2 is 1.70 bits per heavy atom. The fourth-order valence-corrected chi connectivity index (χ4v) is 3.03. The van der Waals surface area contributed by atoms with Gasteiger partial charge in [0.2, 0.25) is 5.95 Å². The van der Waals surface area contributed by atoms with Gasteiger partial charge in [-0.3, -0.25) is 0 Å². The maximum atomic E-state index is 8.91. The number of nitriles is 1. The van der Waals surface area contributed by atoms with E-state index in [1.807, 2.05) is 55.4 Å². The molecule has 0 fully saturated rings. The third kappa shape index (κ3) is 4.68. The highest BCUT2D eigenvalue weighted by Gasteiger charge is 2.12. The summed E-state index contributed by atoms with van der Waals surface area (Å²) in [7, 11) is 3.83. The van der Waals surface area contributed by atoms with Gasteiger partial charge in [-0.15, -0.1) is 0 Å². The van der Waals surface area contributed by atoms with Crippen molar-refractivity contribution in [2.45, 2.75) is 6.42 Å². The van der Waals surface area contributed by atoms with E-state index in [1.54, 1.807) is 12.1 Å². The first-order valence-electron chi connectivity index (χ1n) is 8.21. The molecule has 1 N–H and O–H groups in total. The van der Waals surface area contributed by atoms with Crippen molar-refractivity contribution in [2.75, 3.05) is 24.3 Å². The molecule has 1 heterocycles. The van der Waals surface area contributed by atoms with E-state index < -0.39 is 0 Å². The number of anilines is 3. The molecule has 0 bridgehead atoms. The first-order chi connectivity index (χ1) is 13.0. The van der Waals surface area contributed by atoms with Gasteiger partial charge in [0.15, 0.2) is 0 Å². The number of hydrogen-bond donors (Lipinski definition) is 1. The Balaban J connectivity index is 1.94. The topological polar surface area (TPSA) is 64.8 Å². The number of nitrogens with zero attached hydrogens (tertiary/aromatic N) is 4. The van der Waals surface area contributed by atoms with E-state index in [-0.39, 0.29) is 0 Å². The van der Waals surface area contributed by atoms with Crippen LogP contribution in [-0.4, -0.2) is 24.1 Å². The molecular weight excluding hydrogens is 381 g/mol. The lowest BCUT2D eigenvalue weighted by Crippen LogP contribution is -2.13. The van der Waals surface area contributed by atoms with Gasteiger partial charge in [-0.25, -0.2) is 4.98 Å². The zero-order valence-corrected chi connectivity index (χ0v) is 16.4. The van der Waals surface area contributed by atoms with Gasteiger partial charge < -0.3 is 10.2 Å². The average molecular weight is 398 g/mol. The van der Waals surface area contributed by atoms with Crippen molar-refractivity contribution >= 4 is 40.7 Å². The van der Waals surface area contributed by atoms with E-state index in [4.69, 9.17) is 28.5 Å². The van der Waals surface area contributed by atoms with Crippen LogP contribution in [0.15, 0.2) is 48.5 Å². The molecule has 5 nitrogen and oxygen atoms in total. The number of nitrogens with one attached hydrogen (secondary N) is 1. The van der Waals surface area contributed by atoms with Gasteiger partial charge in [0, 0.05) is 42.3 Å². The molecule has 27 heavy (non-hydrogen) atoms. The van der Waals surface area contributed by atoms with Crippen molar-refractivity contribution in [2.24, 2.45) is 0 Å². The second kappa shape index (κ2) is 8.26. The zero-order chi connectivity index (χ0) is 19.4. The van der Waals surface area contributed by atoms with Gasteiger partial charge in [-0.2, -0.15) is 10.2 Å². The Labute approximate surface area is 168 Å². The summed E-state index contributed by atoms with van der Waals surface area (Å²) in [6.07, 6.45) is 0.490. The third-order valence-corrected chi connectivity index (χ3v) is 4.62. The fourth-order valence-electron chi connectivity index (χ4n) is 2.50. The van der Waals surface area contributed by atoms with Crippen LogP contribution in [0.25, 0.3) is 0 Å². The summed E-state index contributed by atoms with van der Waals surface area (Å²) in [6.45, 7) is 0. The lowest BCUT2D eigenvalue weighted by Gasteiger charge is -2.15. The second-order valence-electron chi connectivity index (χ2n) is 6.13. The van der Waals surface area contributed by atoms with Crippen LogP contribution in [0.5, 0.6) is 0 Å². The zero-order valence-electron chi connectivity index (χ0n) is 14.9. The van der Waals surface area contributed by atoms with Crippen LogP contribution in [0.2, 0.25) is 10.0 Å². The summed E-state index contributed by atoms with van der Waals surface area (Å²) in [5, 5.41) is 13.3. The van der Waals surface area contributed by atoms with Gasteiger partial charge in [0.25, 0.3) is 0 Å². The fraction of sp³-hybridized carbons (Fsp3) is 0.150. The van der Waals surface area contributed by atoms with Gasteiger partial charge in [-0.05, 0) is 42.0 Å². The predicted molar refractivity (Wildman–Crippen MR) is 110 cm³/mol. The molecule has 0 aliphatic rings. The minimum atomic E-state index is 0.462. The van der Waals surface area contributed by atoms with Crippen molar-refractivity contribution in [1.82, 2.24) is 9.97 Å². The van der Waals surface area contributed by atoms with Gasteiger partial charge >= 0.3 is 0 Å². The quantitative estimate of drug-likeness (QED) is 0.651. The number of hydrogen-bond acceptors (Lipinski definition) is 5. The van der Waals surface area contributed by atoms with Gasteiger partial charge in [0.05, 0.1) is 17.3 Å². The molecule has 7 heteroatoms. The molecule has 136 valence electrons. The van der Waals surface area contributed by atoms with Crippen LogP contribution in [0.1, 0.15) is 16.8 Å². The Morgan fingerprint density at radius 3 is 2.30 bits per heavy atom. The van der Waals surface area contributed by atoms with Crippen LogP contribution in [0, 0.1) is 11.3 Å². The molecule has 0 unspecified atom stereocenters. The summed E-state index contributed by atoms with van der Waals surface area (Å²) < 4.78 is 0. The average Bonchev–Trinajstić information content (AvgIpc) is 2.65. The van der Waals surface area contributed by atoms with Crippen LogP contribution < -0.4 is 10.2 Å². The second-order valence-corrected chi connectivity index (χ2v) is 6.94. The van der Waals surface area contributed by atoms with Gasteiger partial charge in [-0.1, -0.05) is 29.3 Å². The highest BCUT2D eigenvalue weighted by atomic mass is 35.5. The normalized spacial score (nSPS) is 10.3. The molecule has 0 atom stereocenters. The summed E-state index contributed by atoms with van der Waals surface area (Å²) >= 11 is 12.6.